The van der Waals surface area contributed by atoms with E-state index in [2.05, 4.69) is 29.8 Å². The Morgan fingerprint density at radius 2 is 1.74 bits per heavy atom. The molecule has 0 radical (unpaired) electrons. The minimum atomic E-state index is -0.0483. The first-order valence-electron chi connectivity index (χ1n) is 6.08. The number of carbonyl (C=O) groups is 1. The van der Waals surface area contributed by atoms with E-state index in [4.69, 9.17) is 11.6 Å². The molecule has 0 heterocycles. The molecule has 0 saturated carbocycles. The van der Waals surface area contributed by atoms with Crippen LogP contribution in [0.5, 0.6) is 0 Å². The van der Waals surface area contributed by atoms with Crippen molar-refractivity contribution in [2.75, 3.05) is 0 Å². The minimum Gasteiger partial charge on any atom is -0.289 e. The van der Waals surface area contributed by atoms with Crippen LogP contribution in [-0.4, -0.2) is 5.78 Å². The molecule has 0 aliphatic heterocycles. The number of carbonyl (C=O) groups excluding carboxylic acids is 1. The van der Waals surface area contributed by atoms with E-state index in [-0.39, 0.29) is 5.78 Å². The maximum atomic E-state index is 12.4. The van der Waals surface area contributed by atoms with Crippen LogP contribution >= 0.6 is 27.5 Å². The van der Waals surface area contributed by atoms with E-state index >= 15 is 0 Å². The first-order chi connectivity index (χ1) is 8.99. The molecule has 2 aromatic rings. The van der Waals surface area contributed by atoms with E-state index in [1.807, 2.05) is 30.3 Å². The summed E-state index contributed by atoms with van der Waals surface area (Å²) in [5.74, 6) is 0.410. The van der Waals surface area contributed by atoms with Crippen LogP contribution in [0.4, 0.5) is 0 Å². The van der Waals surface area contributed by atoms with Crippen LogP contribution in [0.25, 0.3) is 0 Å². The van der Waals surface area contributed by atoms with E-state index in [9.17, 15) is 4.79 Å². The molecule has 0 atom stereocenters. The van der Waals surface area contributed by atoms with Gasteiger partial charge in [-0.05, 0) is 29.7 Å². The van der Waals surface area contributed by atoms with Crippen molar-refractivity contribution in [3.63, 3.8) is 0 Å². The van der Waals surface area contributed by atoms with Crippen LogP contribution in [0.1, 0.15) is 41.3 Å². The van der Waals surface area contributed by atoms with Gasteiger partial charge >= 0.3 is 0 Å². The Labute approximate surface area is 126 Å². The molecule has 0 saturated heterocycles. The van der Waals surface area contributed by atoms with Gasteiger partial charge in [0.15, 0.2) is 5.78 Å². The van der Waals surface area contributed by atoms with Crippen LogP contribution < -0.4 is 0 Å². The molecule has 0 amide bonds. The third kappa shape index (κ3) is 3.26. The van der Waals surface area contributed by atoms with Gasteiger partial charge in [0.05, 0.1) is 5.02 Å². The summed E-state index contributed by atoms with van der Waals surface area (Å²) in [6.07, 6.45) is 0. The highest BCUT2D eigenvalue weighted by Crippen LogP contribution is 2.24. The van der Waals surface area contributed by atoms with Crippen LogP contribution in [0.3, 0.4) is 0 Å². The van der Waals surface area contributed by atoms with Gasteiger partial charge < -0.3 is 0 Å². The topological polar surface area (TPSA) is 17.1 Å². The lowest BCUT2D eigenvalue weighted by Crippen LogP contribution is -2.02. The fourth-order valence-electron chi connectivity index (χ4n) is 1.85. The Hall–Kier alpha value is -1.12. The lowest BCUT2D eigenvalue weighted by Gasteiger charge is -2.07. The summed E-state index contributed by atoms with van der Waals surface area (Å²) in [6, 6.07) is 13.0. The van der Waals surface area contributed by atoms with Crippen molar-refractivity contribution in [2.45, 2.75) is 19.8 Å². The number of rotatable bonds is 3. The molecule has 98 valence electrons. The molecule has 19 heavy (non-hydrogen) atoms. The summed E-state index contributed by atoms with van der Waals surface area (Å²) in [4.78, 5) is 12.4. The number of hydrogen-bond acceptors (Lipinski definition) is 1. The van der Waals surface area contributed by atoms with E-state index in [0.717, 1.165) is 4.47 Å². The molecule has 0 fully saturated rings. The molecule has 0 N–H and O–H groups in total. The Balaban J connectivity index is 2.33. The average molecular weight is 338 g/mol. The summed E-state index contributed by atoms with van der Waals surface area (Å²) in [7, 11) is 0. The van der Waals surface area contributed by atoms with Crippen molar-refractivity contribution in [1.82, 2.24) is 0 Å². The van der Waals surface area contributed by atoms with Gasteiger partial charge in [-0.3, -0.25) is 4.79 Å². The van der Waals surface area contributed by atoms with Gasteiger partial charge in [0.1, 0.15) is 0 Å². The Bertz CT molecular complexity index is 603. The number of halogens is 2. The van der Waals surface area contributed by atoms with E-state index < -0.39 is 0 Å². The predicted octanol–water partition coefficient (Wildman–Crippen LogP) is 5.46. The second-order valence-electron chi connectivity index (χ2n) is 4.73. The number of ketones is 1. The minimum absolute atomic E-state index is 0.0483. The maximum Gasteiger partial charge on any atom is 0.194 e. The highest BCUT2D eigenvalue weighted by Gasteiger charge is 2.13. The quantitative estimate of drug-likeness (QED) is 0.680. The van der Waals surface area contributed by atoms with Gasteiger partial charge in [0.25, 0.3) is 0 Å². The van der Waals surface area contributed by atoms with Gasteiger partial charge in [-0.2, -0.15) is 0 Å². The molecular formula is C16H14BrClO. The van der Waals surface area contributed by atoms with Crippen LogP contribution in [0, 0.1) is 0 Å². The fraction of sp³-hybridized carbons (Fsp3) is 0.188. The standard InChI is InChI=1S/C16H14BrClO/c1-10(2)11-3-5-12(6-4-11)16(19)14-8-7-13(17)9-15(14)18/h3-10H,1-2H3. The first kappa shape index (κ1) is 14.3. The van der Waals surface area contributed by atoms with E-state index in [0.29, 0.717) is 22.1 Å². The summed E-state index contributed by atoms with van der Waals surface area (Å²) in [5.41, 5.74) is 2.41. The van der Waals surface area contributed by atoms with E-state index in [1.54, 1.807) is 12.1 Å². The van der Waals surface area contributed by atoms with Crippen molar-refractivity contribution in [3.05, 3.63) is 68.7 Å². The molecule has 0 unspecified atom stereocenters. The van der Waals surface area contributed by atoms with Gasteiger partial charge in [-0.25, -0.2) is 0 Å². The molecule has 0 aliphatic carbocycles. The Morgan fingerprint density at radius 3 is 2.26 bits per heavy atom. The first-order valence-corrected chi connectivity index (χ1v) is 7.26. The molecular weight excluding hydrogens is 324 g/mol. The average Bonchev–Trinajstić information content (AvgIpc) is 2.38. The summed E-state index contributed by atoms with van der Waals surface area (Å²) in [5, 5.41) is 0.465. The molecule has 2 rings (SSSR count). The molecule has 0 spiro atoms. The number of hydrogen-bond donors (Lipinski definition) is 0. The van der Waals surface area contributed by atoms with Crippen LogP contribution in [0.2, 0.25) is 5.02 Å². The van der Waals surface area contributed by atoms with E-state index in [1.165, 1.54) is 5.56 Å². The molecule has 1 nitrogen and oxygen atoms in total. The number of benzene rings is 2. The van der Waals surface area contributed by atoms with Crippen molar-refractivity contribution in [2.24, 2.45) is 0 Å². The second-order valence-corrected chi connectivity index (χ2v) is 6.05. The molecule has 3 heteroatoms. The maximum absolute atomic E-state index is 12.4. The highest BCUT2D eigenvalue weighted by molar-refractivity contribution is 9.10. The predicted molar refractivity (Wildman–Crippen MR) is 83.1 cm³/mol. The summed E-state index contributed by atoms with van der Waals surface area (Å²) in [6.45, 7) is 4.25. The third-order valence-electron chi connectivity index (χ3n) is 3.02. The van der Waals surface area contributed by atoms with Gasteiger partial charge in [-0.1, -0.05) is 65.6 Å². The summed E-state index contributed by atoms with van der Waals surface area (Å²) >= 11 is 9.44. The molecule has 2 aromatic carbocycles. The third-order valence-corrected chi connectivity index (χ3v) is 3.82. The SMILES string of the molecule is CC(C)c1ccc(C(=O)c2ccc(Br)cc2Cl)cc1. The zero-order valence-electron chi connectivity index (χ0n) is 10.8. The second kappa shape index (κ2) is 5.89. The zero-order valence-corrected chi connectivity index (χ0v) is 13.1. The van der Waals surface area contributed by atoms with Gasteiger partial charge in [0.2, 0.25) is 0 Å². The lowest BCUT2D eigenvalue weighted by atomic mass is 9.98. The summed E-state index contributed by atoms with van der Waals surface area (Å²) < 4.78 is 0.865. The van der Waals surface area contributed by atoms with Crippen molar-refractivity contribution >= 4 is 33.3 Å². The molecule has 0 aromatic heterocycles. The lowest BCUT2D eigenvalue weighted by molar-refractivity contribution is 0.103. The zero-order chi connectivity index (χ0) is 14.0. The van der Waals surface area contributed by atoms with Crippen LogP contribution in [-0.2, 0) is 0 Å². The van der Waals surface area contributed by atoms with Gasteiger partial charge in [0, 0.05) is 15.6 Å². The fourth-order valence-corrected chi connectivity index (χ4v) is 2.61. The smallest absolute Gasteiger partial charge is 0.194 e. The van der Waals surface area contributed by atoms with Crippen molar-refractivity contribution in [3.8, 4) is 0 Å². The molecule has 0 bridgehead atoms. The largest absolute Gasteiger partial charge is 0.289 e. The van der Waals surface area contributed by atoms with Crippen molar-refractivity contribution < 1.29 is 4.79 Å². The molecule has 0 aliphatic rings. The van der Waals surface area contributed by atoms with Crippen molar-refractivity contribution in [1.29, 1.82) is 0 Å². The Kier molecular flexibility index (Phi) is 4.43. The monoisotopic (exact) mass is 336 g/mol. The van der Waals surface area contributed by atoms with Gasteiger partial charge in [-0.15, -0.1) is 0 Å². The normalized spacial score (nSPS) is 10.8. The van der Waals surface area contributed by atoms with Crippen LogP contribution in [0.15, 0.2) is 46.9 Å². The Morgan fingerprint density at radius 1 is 1.11 bits per heavy atom. The highest BCUT2D eigenvalue weighted by atomic mass is 79.9.